The molecule has 21 heavy (non-hydrogen) atoms. The summed E-state index contributed by atoms with van der Waals surface area (Å²) in [5.74, 6) is 0.558. The van der Waals surface area contributed by atoms with Crippen LogP contribution >= 0.6 is 0 Å². The topological polar surface area (TPSA) is 41.6 Å². The average molecular weight is 284 g/mol. The monoisotopic (exact) mass is 284 g/mol. The van der Waals surface area contributed by atoms with Crippen LogP contribution in [0.2, 0.25) is 0 Å². The first-order valence-electron chi connectivity index (χ1n) is 6.91. The molecule has 0 aliphatic carbocycles. The van der Waals surface area contributed by atoms with Crippen LogP contribution in [-0.4, -0.2) is 26.6 Å². The van der Waals surface area contributed by atoms with Crippen molar-refractivity contribution in [2.24, 2.45) is 0 Å². The molecule has 0 fully saturated rings. The molecule has 4 nitrogen and oxygen atoms in total. The highest BCUT2D eigenvalue weighted by atomic mass is 16.5. The van der Waals surface area contributed by atoms with Crippen molar-refractivity contribution in [1.29, 1.82) is 0 Å². The number of ether oxygens (including phenoxy) is 1. The van der Waals surface area contributed by atoms with Gasteiger partial charge in [-0.2, -0.15) is 0 Å². The van der Waals surface area contributed by atoms with Gasteiger partial charge in [-0.05, 0) is 49.4 Å². The first kappa shape index (κ1) is 14.9. The van der Waals surface area contributed by atoms with E-state index in [0.717, 1.165) is 11.4 Å². The van der Waals surface area contributed by atoms with Crippen molar-refractivity contribution < 1.29 is 9.53 Å². The Morgan fingerprint density at radius 3 is 2.48 bits per heavy atom. The molecule has 0 saturated carbocycles. The van der Waals surface area contributed by atoms with Crippen molar-refractivity contribution in [1.82, 2.24) is 0 Å². The van der Waals surface area contributed by atoms with Crippen LogP contribution in [0.3, 0.4) is 0 Å². The summed E-state index contributed by atoms with van der Waals surface area (Å²) in [4.78, 5) is 14.2. The summed E-state index contributed by atoms with van der Waals surface area (Å²) in [5.41, 5.74) is 2.44. The van der Waals surface area contributed by atoms with E-state index in [0.29, 0.717) is 17.9 Å². The second kappa shape index (κ2) is 6.79. The molecule has 2 rings (SSSR count). The Morgan fingerprint density at radius 2 is 1.86 bits per heavy atom. The lowest BCUT2D eigenvalue weighted by Gasteiger charge is -2.13. The van der Waals surface area contributed by atoms with Gasteiger partial charge in [0.05, 0.1) is 6.61 Å². The summed E-state index contributed by atoms with van der Waals surface area (Å²) in [5, 5.41) is 2.88. The van der Waals surface area contributed by atoms with Crippen molar-refractivity contribution in [3.8, 4) is 5.75 Å². The van der Waals surface area contributed by atoms with Gasteiger partial charge >= 0.3 is 0 Å². The van der Waals surface area contributed by atoms with E-state index in [1.807, 2.05) is 62.3 Å². The molecule has 1 N–H and O–H groups in total. The lowest BCUT2D eigenvalue weighted by Crippen LogP contribution is -2.12. The highest BCUT2D eigenvalue weighted by molar-refractivity contribution is 6.04. The van der Waals surface area contributed by atoms with E-state index in [2.05, 4.69) is 5.32 Å². The minimum Gasteiger partial charge on any atom is -0.494 e. The third-order valence-electron chi connectivity index (χ3n) is 3.05. The zero-order valence-electron chi connectivity index (χ0n) is 12.6. The van der Waals surface area contributed by atoms with Gasteiger partial charge in [-0.1, -0.05) is 6.07 Å². The molecular formula is C17H20N2O2. The van der Waals surface area contributed by atoms with Crippen LogP contribution in [0.5, 0.6) is 5.75 Å². The maximum atomic E-state index is 12.2. The molecule has 0 saturated heterocycles. The van der Waals surface area contributed by atoms with E-state index in [1.54, 1.807) is 12.1 Å². The number of carbonyl (C=O) groups is 1. The van der Waals surface area contributed by atoms with Crippen molar-refractivity contribution >= 4 is 17.3 Å². The smallest absolute Gasteiger partial charge is 0.255 e. The van der Waals surface area contributed by atoms with Crippen LogP contribution in [0.25, 0.3) is 0 Å². The van der Waals surface area contributed by atoms with E-state index < -0.39 is 0 Å². The Balaban J connectivity index is 2.08. The standard InChI is InChI=1S/C17H20N2O2/c1-4-21-16-7-5-6-13(12-16)17(20)18-14-8-10-15(11-9-14)19(2)3/h5-12H,4H2,1-3H3,(H,18,20). The van der Waals surface area contributed by atoms with Crippen LogP contribution in [0.15, 0.2) is 48.5 Å². The lowest BCUT2D eigenvalue weighted by molar-refractivity contribution is 0.102. The van der Waals surface area contributed by atoms with E-state index in [-0.39, 0.29) is 5.91 Å². The predicted octanol–water partition coefficient (Wildman–Crippen LogP) is 3.40. The molecule has 0 heterocycles. The van der Waals surface area contributed by atoms with Gasteiger partial charge in [-0.3, -0.25) is 4.79 Å². The second-order valence-electron chi connectivity index (χ2n) is 4.86. The molecule has 4 heteroatoms. The fourth-order valence-electron chi connectivity index (χ4n) is 1.94. The summed E-state index contributed by atoms with van der Waals surface area (Å²) >= 11 is 0. The second-order valence-corrected chi connectivity index (χ2v) is 4.86. The Morgan fingerprint density at radius 1 is 1.14 bits per heavy atom. The Labute approximate surface area is 125 Å². The molecule has 0 atom stereocenters. The van der Waals surface area contributed by atoms with Crippen molar-refractivity contribution in [2.45, 2.75) is 6.92 Å². The number of nitrogens with one attached hydrogen (secondary N) is 1. The van der Waals surface area contributed by atoms with Crippen LogP contribution in [0, 0.1) is 0 Å². The molecule has 2 aromatic rings. The molecule has 0 spiro atoms. The summed E-state index contributed by atoms with van der Waals surface area (Å²) in [6.07, 6.45) is 0. The molecule has 0 radical (unpaired) electrons. The minimum atomic E-state index is -0.144. The molecule has 1 amide bonds. The third kappa shape index (κ3) is 3.99. The molecule has 0 aromatic heterocycles. The molecule has 0 unspecified atom stereocenters. The van der Waals surface area contributed by atoms with Crippen LogP contribution in [-0.2, 0) is 0 Å². The fraction of sp³-hybridized carbons (Fsp3) is 0.235. The van der Waals surface area contributed by atoms with Crippen molar-refractivity contribution in [3.05, 3.63) is 54.1 Å². The Hall–Kier alpha value is -2.49. The van der Waals surface area contributed by atoms with Gasteiger partial charge in [-0.25, -0.2) is 0 Å². The van der Waals surface area contributed by atoms with Crippen LogP contribution in [0.1, 0.15) is 17.3 Å². The number of rotatable bonds is 5. The summed E-state index contributed by atoms with van der Waals surface area (Å²) in [6.45, 7) is 2.50. The van der Waals surface area contributed by atoms with Crippen LogP contribution in [0.4, 0.5) is 11.4 Å². The molecule has 110 valence electrons. The van der Waals surface area contributed by atoms with Gasteiger partial charge < -0.3 is 15.0 Å². The molecule has 0 aliphatic rings. The zero-order valence-corrected chi connectivity index (χ0v) is 12.6. The first-order chi connectivity index (χ1) is 10.1. The Bertz CT molecular complexity index is 606. The third-order valence-corrected chi connectivity index (χ3v) is 3.05. The van der Waals surface area contributed by atoms with E-state index in [9.17, 15) is 4.79 Å². The van der Waals surface area contributed by atoms with Gasteiger partial charge in [0.1, 0.15) is 5.75 Å². The molecule has 0 aliphatic heterocycles. The van der Waals surface area contributed by atoms with Crippen molar-refractivity contribution in [3.63, 3.8) is 0 Å². The van der Waals surface area contributed by atoms with Crippen LogP contribution < -0.4 is 15.0 Å². The number of carbonyl (C=O) groups excluding carboxylic acids is 1. The SMILES string of the molecule is CCOc1cccc(C(=O)Nc2ccc(N(C)C)cc2)c1. The van der Waals surface area contributed by atoms with Gasteiger partial charge in [0.2, 0.25) is 0 Å². The quantitative estimate of drug-likeness (QED) is 0.915. The van der Waals surface area contributed by atoms with E-state index in [1.165, 1.54) is 0 Å². The Kier molecular flexibility index (Phi) is 4.82. The van der Waals surface area contributed by atoms with Crippen molar-refractivity contribution in [2.75, 3.05) is 30.9 Å². The number of benzene rings is 2. The summed E-state index contributed by atoms with van der Waals surface area (Å²) in [6, 6.07) is 14.9. The maximum Gasteiger partial charge on any atom is 0.255 e. The lowest BCUT2D eigenvalue weighted by atomic mass is 10.2. The molecule has 0 bridgehead atoms. The van der Waals surface area contributed by atoms with E-state index in [4.69, 9.17) is 4.74 Å². The number of anilines is 2. The first-order valence-corrected chi connectivity index (χ1v) is 6.91. The minimum absolute atomic E-state index is 0.144. The van der Waals surface area contributed by atoms with Gasteiger partial charge in [-0.15, -0.1) is 0 Å². The normalized spacial score (nSPS) is 10.0. The highest BCUT2D eigenvalue weighted by Crippen LogP contribution is 2.18. The number of hydrogen-bond acceptors (Lipinski definition) is 3. The maximum absolute atomic E-state index is 12.2. The summed E-state index contributed by atoms with van der Waals surface area (Å²) in [7, 11) is 3.96. The average Bonchev–Trinajstić information content (AvgIpc) is 2.48. The molecular weight excluding hydrogens is 264 g/mol. The van der Waals surface area contributed by atoms with Gasteiger partial charge in [0.15, 0.2) is 0 Å². The van der Waals surface area contributed by atoms with E-state index >= 15 is 0 Å². The fourth-order valence-corrected chi connectivity index (χ4v) is 1.94. The number of amides is 1. The zero-order chi connectivity index (χ0) is 15.2. The van der Waals surface area contributed by atoms with Gasteiger partial charge in [0.25, 0.3) is 5.91 Å². The highest BCUT2D eigenvalue weighted by Gasteiger charge is 2.07. The predicted molar refractivity (Wildman–Crippen MR) is 86.3 cm³/mol. The molecule has 2 aromatic carbocycles. The van der Waals surface area contributed by atoms with Gasteiger partial charge in [0, 0.05) is 31.0 Å². The number of nitrogens with zero attached hydrogens (tertiary/aromatic N) is 1. The number of hydrogen-bond donors (Lipinski definition) is 1. The largest absolute Gasteiger partial charge is 0.494 e. The summed E-state index contributed by atoms with van der Waals surface area (Å²) < 4.78 is 5.40.